The summed E-state index contributed by atoms with van der Waals surface area (Å²) in [5.74, 6) is 0.610. The maximum Gasteiger partial charge on any atom is 0.256 e. The van der Waals surface area contributed by atoms with Crippen molar-refractivity contribution in [1.82, 2.24) is 9.97 Å². The number of hydrogen-bond acceptors (Lipinski definition) is 4. The van der Waals surface area contributed by atoms with E-state index in [1.165, 1.54) is 0 Å². The molecule has 0 saturated heterocycles. The SMILES string of the molecule is Cc1nc(C)c(C(C)Nc2ccccc2CO)c(=O)[nH]1. The molecule has 2 aromatic rings. The van der Waals surface area contributed by atoms with Gasteiger partial charge >= 0.3 is 0 Å². The van der Waals surface area contributed by atoms with Crippen LogP contribution in [-0.2, 0) is 6.61 Å². The van der Waals surface area contributed by atoms with Crippen molar-refractivity contribution in [3.63, 3.8) is 0 Å². The molecule has 0 aliphatic rings. The van der Waals surface area contributed by atoms with Gasteiger partial charge in [-0.25, -0.2) is 4.98 Å². The van der Waals surface area contributed by atoms with Gasteiger partial charge in [-0.3, -0.25) is 4.79 Å². The van der Waals surface area contributed by atoms with Gasteiger partial charge in [-0.1, -0.05) is 18.2 Å². The number of aromatic amines is 1. The number of nitrogens with zero attached hydrogens (tertiary/aromatic N) is 1. The van der Waals surface area contributed by atoms with Crippen molar-refractivity contribution in [2.24, 2.45) is 0 Å². The van der Waals surface area contributed by atoms with Crippen molar-refractivity contribution >= 4 is 5.69 Å². The second-order valence-corrected chi connectivity index (χ2v) is 4.83. The number of hydrogen-bond donors (Lipinski definition) is 3. The first-order chi connectivity index (χ1) is 9.52. The number of aromatic nitrogens is 2. The van der Waals surface area contributed by atoms with Crippen LogP contribution >= 0.6 is 0 Å². The highest BCUT2D eigenvalue weighted by molar-refractivity contribution is 5.52. The minimum Gasteiger partial charge on any atom is -0.392 e. The van der Waals surface area contributed by atoms with E-state index in [-0.39, 0.29) is 18.2 Å². The summed E-state index contributed by atoms with van der Waals surface area (Å²) >= 11 is 0. The molecule has 0 fully saturated rings. The highest BCUT2D eigenvalue weighted by Crippen LogP contribution is 2.21. The van der Waals surface area contributed by atoms with Gasteiger partial charge in [0.1, 0.15) is 5.82 Å². The fourth-order valence-electron chi connectivity index (χ4n) is 2.35. The summed E-state index contributed by atoms with van der Waals surface area (Å²) in [5, 5.41) is 12.6. The van der Waals surface area contributed by atoms with E-state index in [2.05, 4.69) is 15.3 Å². The van der Waals surface area contributed by atoms with Crippen molar-refractivity contribution in [3.8, 4) is 0 Å². The highest BCUT2D eigenvalue weighted by Gasteiger charge is 2.15. The zero-order valence-corrected chi connectivity index (χ0v) is 11.9. The van der Waals surface area contributed by atoms with Crippen LogP contribution in [0.15, 0.2) is 29.1 Å². The molecule has 5 nitrogen and oxygen atoms in total. The Labute approximate surface area is 117 Å². The van der Waals surface area contributed by atoms with Crippen molar-refractivity contribution in [2.75, 3.05) is 5.32 Å². The molecule has 1 unspecified atom stereocenters. The minimum atomic E-state index is -0.195. The number of para-hydroxylation sites is 1. The van der Waals surface area contributed by atoms with Crippen molar-refractivity contribution < 1.29 is 5.11 Å². The Bertz CT molecular complexity index is 664. The zero-order chi connectivity index (χ0) is 14.7. The van der Waals surface area contributed by atoms with E-state index in [4.69, 9.17) is 0 Å². The molecule has 0 saturated carbocycles. The third kappa shape index (κ3) is 2.88. The van der Waals surface area contributed by atoms with E-state index in [0.717, 1.165) is 11.3 Å². The lowest BCUT2D eigenvalue weighted by atomic mass is 10.1. The smallest absolute Gasteiger partial charge is 0.256 e. The lowest BCUT2D eigenvalue weighted by molar-refractivity contribution is 0.282. The topological polar surface area (TPSA) is 78.0 Å². The molecule has 1 atom stereocenters. The van der Waals surface area contributed by atoms with E-state index in [1.54, 1.807) is 6.92 Å². The Morgan fingerprint density at radius 1 is 1.35 bits per heavy atom. The molecule has 1 aromatic carbocycles. The maximum absolute atomic E-state index is 12.1. The average Bonchev–Trinajstić information content (AvgIpc) is 2.38. The van der Waals surface area contributed by atoms with Gasteiger partial charge in [0.2, 0.25) is 0 Å². The Hall–Kier alpha value is -2.14. The molecule has 1 heterocycles. The van der Waals surface area contributed by atoms with Gasteiger partial charge in [-0.2, -0.15) is 0 Å². The lowest BCUT2D eigenvalue weighted by Crippen LogP contribution is -2.23. The Kier molecular flexibility index (Phi) is 4.20. The predicted molar refractivity (Wildman–Crippen MR) is 78.7 cm³/mol. The van der Waals surface area contributed by atoms with Crippen LogP contribution in [0.1, 0.15) is 35.6 Å². The lowest BCUT2D eigenvalue weighted by Gasteiger charge is -2.18. The Balaban J connectivity index is 2.33. The quantitative estimate of drug-likeness (QED) is 0.796. The molecule has 20 heavy (non-hydrogen) atoms. The third-order valence-corrected chi connectivity index (χ3v) is 3.26. The van der Waals surface area contributed by atoms with E-state index in [9.17, 15) is 9.90 Å². The first kappa shape index (κ1) is 14.3. The minimum absolute atomic E-state index is 0.0443. The first-order valence-electron chi connectivity index (χ1n) is 6.55. The molecular weight excluding hydrogens is 254 g/mol. The monoisotopic (exact) mass is 273 g/mol. The van der Waals surface area contributed by atoms with Gasteiger partial charge in [0.05, 0.1) is 23.9 Å². The van der Waals surface area contributed by atoms with Gasteiger partial charge in [-0.15, -0.1) is 0 Å². The number of H-pyrrole nitrogens is 1. The fraction of sp³-hybridized carbons (Fsp3) is 0.333. The van der Waals surface area contributed by atoms with Crippen LogP contribution in [-0.4, -0.2) is 15.1 Å². The molecule has 5 heteroatoms. The van der Waals surface area contributed by atoms with Crippen LogP contribution in [0.3, 0.4) is 0 Å². The number of benzene rings is 1. The molecule has 0 aliphatic heterocycles. The molecule has 2 rings (SSSR count). The zero-order valence-electron chi connectivity index (χ0n) is 11.9. The Morgan fingerprint density at radius 3 is 2.70 bits per heavy atom. The molecule has 0 bridgehead atoms. The van der Waals surface area contributed by atoms with Gasteiger partial charge < -0.3 is 15.4 Å². The third-order valence-electron chi connectivity index (χ3n) is 3.26. The molecule has 0 radical (unpaired) electrons. The standard InChI is InChI=1S/C15H19N3O2/c1-9-14(15(20)18-11(3)16-9)10(2)17-13-7-5-4-6-12(13)8-19/h4-7,10,17,19H,8H2,1-3H3,(H,16,18,20). The summed E-state index contributed by atoms with van der Waals surface area (Å²) in [6.45, 7) is 5.45. The second-order valence-electron chi connectivity index (χ2n) is 4.83. The highest BCUT2D eigenvalue weighted by atomic mass is 16.3. The fourth-order valence-corrected chi connectivity index (χ4v) is 2.35. The number of aliphatic hydroxyl groups excluding tert-OH is 1. The van der Waals surface area contributed by atoms with E-state index >= 15 is 0 Å². The number of anilines is 1. The summed E-state index contributed by atoms with van der Waals surface area (Å²) < 4.78 is 0. The van der Waals surface area contributed by atoms with Crippen molar-refractivity contribution in [2.45, 2.75) is 33.4 Å². The van der Waals surface area contributed by atoms with Crippen LogP contribution in [0.2, 0.25) is 0 Å². The van der Waals surface area contributed by atoms with Gasteiger partial charge in [0.25, 0.3) is 5.56 Å². The van der Waals surface area contributed by atoms with Crippen LogP contribution < -0.4 is 10.9 Å². The maximum atomic E-state index is 12.1. The summed E-state index contributed by atoms with van der Waals surface area (Å²) in [5.41, 5.74) is 2.82. The van der Waals surface area contributed by atoms with Crippen molar-refractivity contribution in [3.05, 3.63) is 57.3 Å². The van der Waals surface area contributed by atoms with Crippen LogP contribution in [0.4, 0.5) is 5.69 Å². The number of rotatable bonds is 4. The molecule has 0 aliphatic carbocycles. The van der Waals surface area contributed by atoms with E-state index in [1.807, 2.05) is 38.1 Å². The normalized spacial score (nSPS) is 12.2. The largest absolute Gasteiger partial charge is 0.392 e. The molecule has 1 aromatic heterocycles. The predicted octanol–water partition coefficient (Wildman–Crippen LogP) is 2.05. The number of aryl methyl sites for hydroxylation is 2. The summed E-state index contributed by atoms with van der Waals surface area (Å²) in [6.07, 6.45) is 0. The van der Waals surface area contributed by atoms with Gasteiger partial charge in [0, 0.05) is 11.3 Å². The van der Waals surface area contributed by atoms with Crippen LogP contribution in [0.25, 0.3) is 0 Å². The summed E-state index contributed by atoms with van der Waals surface area (Å²) in [7, 11) is 0. The molecular formula is C15H19N3O2. The van der Waals surface area contributed by atoms with Crippen molar-refractivity contribution in [1.29, 1.82) is 0 Å². The molecule has 0 spiro atoms. The van der Waals surface area contributed by atoms with Gasteiger partial charge in [0.15, 0.2) is 0 Å². The van der Waals surface area contributed by atoms with E-state index < -0.39 is 0 Å². The summed E-state index contributed by atoms with van der Waals surface area (Å²) in [4.78, 5) is 19.1. The van der Waals surface area contributed by atoms with E-state index in [0.29, 0.717) is 17.1 Å². The average molecular weight is 273 g/mol. The van der Waals surface area contributed by atoms with Gasteiger partial charge in [-0.05, 0) is 26.8 Å². The number of aliphatic hydroxyl groups is 1. The van der Waals surface area contributed by atoms with Crippen LogP contribution in [0.5, 0.6) is 0 Å². The molecule has 106 valence electrons. The van der Waals surface area contributed by atoms with Crippen LogP contribution in [0, 0.1) is 13.8 Å². The second kappa shape index (κ2) is 5.88. The number of nitrogens with one attached hydrogen (secondary N) is 2. The summed E-state index contributed by atoms with van der Waals surface area (Å²) in [6, 6.07) is 7.29. The molecule has 0 amide bonds. The Morgan fingerprint density at radius 2 is 2.05 bits per heavy atom. The first-order valence-corrected chi connectivity index (χ1v) is 6.55. The molecule has 3 N–H and O–H groups in total.